The number of benzene rings is 1. The minimum absolute atomic E-state index is 0.127. The minimum Gasteiger partial charge on any atom is -0.328 e. The summed E-state index contributed by atoms with van der Waals surface area (Å²) in [4.78, 5) is 12.2. The number of anilines is 1. The van der Waals surface area contributed by atoms with Gasteiger partial charge in [-0.2, -0.15) is 0 Å². The van der Waals surface area contributed by atoms with Crippen LogP contribution in [0, 0.1) is 5.92 Å². The van der Waals surface area contributed by atoms with E-state index >= 15 is 0 Å². The quantitative estimate of drug-likeness (QED) is 0.876. The highest BCUT2D eigenvalue weighted by molar-refractivity contribution is 5.92. The van der Waals surface area contributed by atoms with Crippen molar-refractivity contribution in [3.63, 3.8) is 0 Å². The molecule has 0 atom stereocenters. The van der Waals surface area contributed by atoms with Gasteiger partial charge in [-0.25, -0.2) is 0 Å². The first-order chi connectivity index (χ1) is 9.06. The Hall–Kier alpha value is -1.35. The number of carbonyl (C=O) groups is 1. The lowest BCUT2D eigenvalue weighted by Crippen LogP contribution is -2.32. The van der Waals surface area contributed by atoms with Gasteiger partial charge in [0, 0.05) is 17.6 Å². The Morgan fingerprint density at radius 3 is 2.58 bits per heavy atom. The summed E-state index contributed by atoms with van der Waals surface area (Å²) >= 11 is 0. The molecule has 3 nitrogen and oxygen atoms in total. The van der Waals surface area contributed by atoms with E-state index in [1.165, 1.54) is 5.56 Å². The van der Waals surface area contributed by atoms with Crippen molar-refractivity contribution in [3.8, 4) is 0 Å². The van der Waals surface area contributed by atoms with Crippen LogP contribution in [0.3, 0.4) is 0 Å². The van der Waals surface area contributed by atoms with Crippen LogP contribution in [-0.4, -0.2) is 11.9 Å². The Kier molecular flexibility index (Phi) is 4.59. The topological polar surface area (TPSA) is 55.1 Å². The number of nitrogens with one attached hydrogen (secondary N) is 1. The van der Waals surface area contributed by atoms with Crippen LogP contribution in [0.25, 0.3) is 0 Å². The van der Waals surface area contributed by atoms with Crippen molar-refractivity contribution in [1.29, 1.82) is 0 Å². The van der Waals surface area contributed by atoms with E-state index < -0.39 is 0 Å². The Morgan fingerprint density at radius 1 is 1.26 bits per heavy atom. The molecule has 1 fully saturated rings. The molecule has 0 spiro atoms. The normalized spacial score (nSPS) is 23.4. The third-order valence-electron chi connectivity index (χ3n) is 3.96. The second kappa shape index (κ2) is 6.20. The fraction of sp³-hybridized carbons (Fsp3) is 0.562. The summed E-state index contributed by atoms with van der Waals surface area (Å²) in [5.74, 6) is 0.750. The first-order valence-electron chi connectivity index (χ1n) is 7.22. The summed E-state index contributed by atoms with van der Waals surface area (Å²) in [5, 5.41) is 3.04. The third-order valence-corrected chi connectivity index (χ3v) is 3.96. The predicted octanol–water partition coefficient (Wildman–Crippen LogP) is 3.27. The van der Waals surface area contributed by atoms with Crippen molar-refractivity contribution >= 4 is 11.6 Å². The van der Waals surface area contributed by atoms with Crippen LogP contribution < -0.4 is 11.1 Å². The monoisotopic (exact) mass is 260 g/mol. The standard InChI is InChI=1S/C16H24N2O/c1-11(2)13-4-3-5-15(10-13)18-16(19)12-6-8-14(17)9-7-12/h3-5,10-12,14H,6-9,17H2,1-2H3,(H,18,19). The van der Waals surface area contributed by atoms with Gasteiger partial charge in [0.05, 0.1) is 0 Å². The van der Waals surface area contributed by atoms with Crippen molar-refractivity contribution in [1.82, 2.24) is 0 Å². The molecule has 0 heterocycles. The van der Waals surface area contributed by atoms with Gasteiger partial charge < -0.3 is 11.1 Å². The molecular weight excluding hydrogens is 236 g/mol. The summed E-state index contributed by atoms with van der Waals surface area (Å²) in [6.07, 6.45) is 3.75. The maximum atomic E-state index is 12.2. The van der Waals surface area contributed by atoms with Crippen LogP contribution in [0.4, 0.5) is 5.69 Å². The number of hydrogen-bond acceptors (Lipinski definition) is 2. The van der Waals surface area contributed by atoms with Gasteiger partial charge in [0.1, 0.15) is 0 Å². The molecule has 2 rings (SSSR count). The van der Waals surface area contributed by atoms with Crippen molar-refractivity contribution in [2.24, 2.45) is 11.7 Å². The summed E-state index contributed by atoms with van der Waals surface area (Å²) in [5.41, 5.74) is 8.03. The molecule has 1 aliphatic rings. The first-order valence-corrected chi connectivity index (χ1v) is 7.22. The maximum Gasteiger partial charge on any atom is 0.227 e. The molecule has 0 saturated heterocycles. The molecule has 0 radical (unpaired) electrons. The summed E-state index contributed by atoms with van der Waals surface area (Å²) < 4.78 is 0. The predicted molar refractivity (Wildman–Crippen MR) is 79.1 cm³/mol. The van der Waals surface area contributed by atoms with E-state index in [1.54, 1.807) is 0 Å². The van der Waals surface area contributed by atoms with Gasteiger partial charge in [-0.15, -0.1) is 0 Å². The number of nitrogens with two attached hydrogens (primary N) is 1. The van der Waals surface area contributed by atoms with Crippen LogP contribution in [0.5, 0.6) is 0 Å². The Labute approximate surface area is 115 Å². The van der Waals surface area contributed by atoms with Crippen molar-refractivity contribution in [3.05, 3.63) is 29.8 Å². The largest absolute Gasteiger partial charge is 0.328 e. The van der Waals surface area contributed by atoms with Gasteiger partial charge in [-0.05, 0) is 49.3 Å². The highest BCUT2D eigenvalue weighted by atomic mass is 16.1. The summed E-state index contributed by atoms with van der Waals surface area (Å²) in [6.45, 7) is 4.31. The van der Waals surface area contributed by atoms with Crippen LogP contribution >= 0.6 is 0 Å². The molecule has 3 N–H and O–H groups in total. The van der Waals surface area contributed by atoms with Crippen molar-refractivity contribution in [2.75, 3.05) is 5.32 Å². The van der Waals surface area contributed by atoms with E-state index in [2.05, 4.69) is 31.3 Å². The average Bonchev–Trinajstić information content (AvgIpc) is 2.39. The third kappa shape index (κ3) is 3.80. The first kappa shape index (κ1) is 14.1. The Bertz CT molecular complexity index is 434. The van der Waals surface area contributed by atoms with E-state index in [4.69, 9.17) is 5.73 Å². The lowest BCUT2D eigenvalue weighted by molar-refractivity contribution is -0.120. The highest BCUT2D eigenvalue weighted by Gasteiger charge is 2.24. The number of amides is 1. The minimum atomic E-state index is 0.127. The molecule has 0 unspecified atom stereocenters. The molecule has 1 aromatic rings. The molecule has 1 saturated carbocycles. The van der Waals surface area contributed by atoms with Gasteiger partial charge >= 0.3 is 0 Å². The fourth-order valence-electron chi connectivity index (χ4n) is 2.60. The molecule has 1 aliphatic carbocycles. The highest BCUT2D eigenvalue weighted by Crippen LogP contribution is 2.25. The Balaban J connectivity index is 1.97. The van der Waals surface area contributed by atoms with Gasteiger partial charge in [0.2, 0.25) is 5.91 Å². The van der Waals surface area contributed by atoms with Gasteiger partial charge in [-0.3, -0.25) is 4.79 Å². The molecule has 1 amide bonds. The molecule has 3 heteroatoms. The number of carbonyl (C=O) groups excluding carboxylic acids is 1. The lowest BCUT2D eigenvalue weighted by atomic mass is 9.86. The smallest absolute Gasteiger partial charge is 0.227 e. The van der Waals surface area contributed by atoms with Crippen LogP contribution in [0.15, 0.2) is 24.3 Å². The SMILES string of the molecule is CC(C)c1cccc(NC(=O)C2CCC(N)CC2)c1. The van der Waals surface area contributed by atoms with Crippen LogP contribution in [0.2, 0.25) is 0 Å². The van der Waals surface area contributed by atoms with Gasteiger partial charge in [-0.1, -0.05) is 26.0 Å². The van der Waals surface area contributed by atoms with E-state index in [0.717, 1.165) is 31.4 Å². The van der Waals surface area contributed by atoms with E-state index in [-0.39, 0.29) is 17.9 Å². The molecule has 19 heavy (non-hydrogen) atoms. The zero-order valence-corrected chi connectivity index (χ0v) is 11.9. The van der Waals surface area contributed by atoms with E-state index in [1.807, 2.05) is 12.1 Å². The van der Waals surface area contributed by atoms with Gasteiger partial charge in [0.15, 0.2) is 0 Å². The van der Waals surface area contributed by atoms with E-state index in [9.17, 15) is 4.79 Å². The van der Waals surface area contributed by atoms with Crippen molar-refractivity contribution < 1.29 is 4.79 Å². The second-order valence-corrected chi connectivity index (χ2v) is 5.88. The zero-order valence-electron chi connectivity index (χ0n) is 11.9. The van der Waals surface area contributed by atoms with Crippen molar-refractivity contribution in [2.45, 2.75) is 51.5 Å². The van der Waals surface area contributed by atoms with Crippen LogP contribution in [0.1, 0.15) is 51.0 Å². The second-order valence-electron chi connectivity index (χ2n) is 5.88. The maximum absolute atomic E-state index is 12.2. The lowest BCUT2D eigenvalue weighted by Gasteiger charge is -2.25. The molecular formula is C16H24N2O. The molecule has 0 aromatic heterocycles. The molecule has 1 aromatic carbocycles. The summed E-state index contributed by atoms with van der Waals surface area (Å²) in [7, 11) is 0. The Morgan fingerprint density at radius 2 is 1.95 bits per heavy atom. The molecule has 0 bridgehead atoms. The molecule has 0 aliphatic heterocycles. The van der Waals surface area contributed by atoms with Gasteiger partial charge in [0.25, 0.3) is 0 Å². The molecule has 104 valence electrons. The number of hydrogen-bond donors (Lipinski definition) is 2. The van der Waals surface area contributed by atoms with Crippen LogP contribution in [-0.2, 0) is 4.79 Å². The average molecular weight is 260 g/mol. The van der Waals surface area contributed by atoms with E-state index in [0.29, 0.717) is 5.92 Å². The zero-order chi connectivity index (χ0) is 13.8. The number of rotatable bonds is 3. The summed E-state index contributed by atoms with van der Waals surface area (Å²) in [6, 6.07) is 8.41. The fourth-order valence-corrected chi connectivity index (χ4v) is 2.60.